The second kappa shape index (κ2) is 4.03. The molecule has 1 amide bonds. The summed E-state index contributed by atoms with van der Waals surface area (Å²) in [4.78, 5) is 12.5. The number of thiophene rings is 1. The van der Waals surface area contributed by atoms with Gasteiger partial charge in [0.05, 0.1) is 8.66 Å². The Hall–Kier alpha value is -0.350. The molecule has 0 radical (unpaired) electrons. The van der Waals surface area contributed by atoms with Gasteiger partial charge in [-0.3, -0.25) is 4.79 Å². The van der Waals surface area contributed by atoms with E-state index in [-0.39, 0.29) is 5.91 Å². The fourth-order valence-electron chi connectivity index (χ4n) is 1.38. The van der Waals surface area contributed by atoms with Crippen molar-refractivity contribution in [3.05, 3.63) is 20.3 Å². The molecule has 4 heteroatoms. The van der Waals surface area contributed by atoms with Crippen LogP contribution in [0.15, 0.2) is 9.85 Å². The van der Waals surface area contributed by atoms with Gasteiger partial charge in [-0.15, -0.1) is 11.3 Å². The monoisotopic (exact) mass is 273 g/mol. The SMILES string of the molecule is Cc1cc(C(=O)NC2CCC2)sc1Br. The average molecular weight is 274 g/mol. The molecule has 0 saturated heterocycles. The quantitative estimate of drug-likeness (QED) is 0.882. The third kappa shape index (κ3) is 2.01. The van der Waals surface area contributed by atoms with Crippen LogP contribution in [-0.4, -0.2) is 11.9 Å². The van der Waals surface area contributed by atoms with Gasteiger partial charge in [-0.05, 0) is 53.7 Å². The minimum atomic E-state index is 0.0773. The second-order valence-electron chi connectivity index (χ2n) is 3.67. The molecule has 1 aliphatic rings. The molecular weight excluding hydrogens is 262 g/mol. The first-order valence-corrected chi connectivity index (χ1v) is 6.34. The van der Waals surface area contributed by atoms with E-state index in [1.807, 2.05) is 13.0 Å². The summed E-state index contributed by atoms with van der Waals surface area (Å²) in [5.41, 5.74) is 1.13. The van der Waals surface area contributed by atoms with Crippen LogP contribution in [0.3, 0.4) is 0 Å². The van der Waals surface area contributed by atoms with Gasteiger partial charge in [-0.2, -0.15) is 0 Å². The van der Waals surface area contributed by atoms with E-state index in [9.17, 15) is 4.79 Å². The van der Waals surface area contributed by atoms with Crippen LogP contribution < -0.4 is 5.32 Å². The molecule has 1 saturated carbocycles. The molecule has 14 heavy (non-hydrogen) atoms. The van der Waals surface area contributed by atoms with E-state index in [0.29, 0.717) is 6.04 Å². The first kappa shape index (κ1) is 10.2. The Bertz CT molecular complexity index is 338. The first-order chi connectivity index (χ1) is 6.66. The maximum absolute atomic E-state index is 11.7. The van der Waals surface area contributed by atoms with Crippen LogP contribution in [-0.2, 0) is 0 Å². The average Bonchev–Trinajstić information content (AvgIpc) is 2.40. The van der Waals surface area contributed by atoms with Crippen molar-refractivity contribution in [2.75, 3.05) is 0 Å². The number of aryl methyl sites for hydroxylation is 1. The minimum absolute atomic E-state index is 0.0773. The number of carbonyl (C=O) groups is 1. The molecule has 0 atom stereocenters. The molecule has 0 unspecified atom stereocenters. The molecule has 0 aliphatic heterocycles. The largest absolute Gasteiger partial charge is 0.349 e. The van der Waals surface area contributed by atoms with E-state index >= 15 is 0 Å². The van der Waals surface area contributed by atoms with Crippen LogP contribution in [0, 0.1) is 6.92 Å². The number of nitrogens with one attached hydrogen (secondary N) is 1. The number of amides is 1. The summed E-state index contributed by atoms with van der Waals surface area (Å²) in [6, 6.07) is 2.35. The van der Waals surface area contributed by atoms with E-state index in [1.165, 1.54) is 17.8 Å². The molecule has 1 aromatic rings. The number of carbonyl (C=O) groups excluding carboxylic acids is 1. The lowest BCUT2D eigenvalue weighted by Crippen LogP contribution is -2.39. The molecular formula is C10H12BrNOS. The van der Waals surface area contributed by atoms with Crippen LogP contribution >= 0.6 is 27.3 Å². The Morgan fingerprint density at radius 1 is 1.64 bits per heavy atom. The zero-order valence-electron chi connectivity index (χ0n) is 7.97. The molecule has 1 heterocycles. The molecule has 1 fully saturated rings. The van der Waals surface area contributed by atoms with Crippen LogP contribution in [0.5, 0.6) is 0 Å². The van der Waals surface area contributed by atoms with Crippen LogP contribution in [0.2, 0.25) is 0 Å². The minimum Gasteiger partial charge on any atom is -0.349 e. The van der Waals surface area contributed by atoms with Crippen molar-refractivity contribution >= 4 is 33.2 Å². The number of hydrogen-bond donors (Lipinski definition) is 1. The lowest BCUT2D eigenvalue weighted by atomic mass is 9.93. The first-order valence-electron chi connectivity index (χ1n) is 4.73. The molecule has 0 aromatic carbocycles. The number of hydrogen-bond acceptors (Lipinski definition) is 2. The third-order valence-electron chi connectivity index (χ3n) is 2.52. The Morgan fingerprint density at radius 2 is 2.36 bits per heavy atom. The maximum atomic E-state index is 11.7. The predicted molar refractivity (Wildman–Crippen MR) is 61.9 cm³/mol. The van der Waals surface area contributed by atoms with Crippen molar-refractivity contribution in [2.45, 2.75) is 32.2 Å². The molecule has 76 valence electrons. The van der Waals surface area contributed by atoms with E-state index in [1.54, 1.807) is 0 Å². The molecule has 2 rings (SSSR count). The highest BCUT2D eigenvalue weighted by Crippen LogP contribution is 2.28. The van der Waals surface area contributed by atoms with E-state index in [4.69, 9.17) is 0 Å². The smallest absolute Gasteiger partial charge is 0.261 e. The zero-order chi connectivity index (χ0) is 10.1. The fraction of sp³-hybridized carbons (Fsp3) is 0.500. The Labute approximate surface area is 95.8 Å². The Kier molecular flexibility index (Phi) is 2.93. The van der Waals surface area contributed by atoms with Gasteiger partial charge >= 0.3 is 0 Å². The molecule has 1 aliphatic carbocycles. The third-order valence-corrected chi connectivity index (χ3v) is 4.66. The highest BCUT2D eigenvalue weighted by Gasteiger charge is 2.21. The van der Waals surface area contributed by atoms with Gasteiger partial charge in [0, 0.05) is 6.04 Å². The molecule has 2 nitrogen and oxygen atoms in total. The Balaban J connectivity index is 2.02. The standard InChI is InChI=1S/C10H12BrNOS/c1-6-5-8(14-9(6)11)10(13)12-7-3-2-4-7/h5,7H,2-4H2,1H3,(H,12,13). The Morgan fingerprint density at radius 3 is 2.79 bits per heavy atom. The van der Waals surface area contributed by atoms with Crippen molar-refractivity contribution in [1.82, 2.24) is 5.32 Å². The highest BCUT2D eigenvalue weighted by atomic mass is 79.9. The van der Waals surface area contributed by atoms with Gasteiger partial charge in [0.2, 0.25) is 0 Å². The normalized spacial score (nSPS) is 16.4. The van der Waals surface area contributed by atoms with E-state index < -0.39 is 0 Å². The van der Waals surface area contributed by atoms with Crippen LogP contribution in [0.25, 0.3) is 0 Å². The van der Waals surface area contributed by atoms with Gasteiger partial charge in [0.1, 0.15) is 0 Å². The molecule has 0 bridgehead atoms. The summed E-state index contributed by atoms with van der Waals surface area (Å²) in [6.45, 7) is 2.00. The van der Waals surface area contributed by atoms with E-state index in [2.05, 4.69) is 21.2 Å². The highest BCUT2D eigenvalue weighted by molar-refractivity contribution is 9.11. The maximum Gasteiger partial charge on any atom is 0.261 e. The lowest BCUT2D eigenvalue weighted by molar-refractivity contribution is 0.0921. The molecule has 1 aromatic heterocycles. The van der Waals surface area contributed by atoms with Crippen LogP contribution in [0.4, 0.5) is 0 Å². The van der Waals surface area contributed by atoms with Gasteiger partial charge < -0.3 is 5.32 Å². The molecule has 1 N–H and O–H groups in total. The van der Waals surface area contributed by atoms with Crippen molar-refractivity contribution in [1.29, 1.82) is 0 Å². The fourth-order valence-corrected chi connectivity index (χ4v) is 2.82. The van der Waals surface area contributed by atoms with Crippen LogP contribution in [0.1, 0.15) is 34.5 Å². The van der Waals surface area contributed by atoms with Gasteiger partial charge in [0.25, 0.3) is 5.91 Å². The van der Waals surface area contributed by atoms with Crippen molar-refractivity contribution in [3.63, 3.8) is 0 Å². The number of rotatable bonds is 2. The van der Waals surface area contributed by atoms with Gasteiger partial charge in [-0.1, -0.05) is 0 Å². The predicted octanol–water partition coefficient (Wildman–Crippen LogP) is 3.10. The lowest BCUT2D eigenvalue weighted by Gasteiger charge is -2.25. The van der Waals surface area contributed by atoms with Gasteiger partial charge in [0.15, 0.2) is 0 Å². The summed E-state index contributed by atoms with van der Waals surface area (Å²) in [7, 11) is 0. The number of halogens is 1. The summed E-state index contributed by atoms with van der Waals surface area (Å²) >= 11 is 4.92. The summed E-state index contributed by atoms with van der Waals surface area (Å²) in [6.07, 6.45) is 3.52. The van der Waals surface area contributed by atoms with Gasteiger partial charge in [-0.25, -0.2) is 0 Å². The van der Waals surface area contributed by atoms with Crippen molar-refractivity contribution in [3.8, 4) is 0 Å². The topological polar surface area (TPSA) is 29.1 Å². The summed E-state index contributed by atoms with van der Waals surface area (Å²) in [5.74, 6) is 0.0773. The van der Waals surface area contributed by atoms with Crippen molar-refractivity contribution in [2.24, 2.45) is 0 Å². The summed E-state index contributed by atoms with van der Waals surface area (Å²) < 4.78 is 1.05. The van der Waals surface area contributed by atoms with Crippen molar-refractivity contribution < 1.29 is 4.79 Å². The zero-order valence-corrected chi connectivity index (χ0v) is 10.4. The van der Waals surface area contributed by atoms with E-state index in [0.717, 1.165) is 27.1 Å². The summed E-state index contributed by atoms with van der Waals surface area (Å²) in [5, 5.41) is 3.02. The second-order valence-corrected chi connectivity index (χ2v) is 6.04. The molecule has 0 spiro atoms.